The molecule has 0 aromatic heterocycles. The van der Waals surface area contributed by atoms with Crippen LogP contribution >= 0.6 is 0 Å². The summed E-state index contributed by atoms with van der Waals surface area (Å²) in [5, 5.41) is 2.10. The standard InChI is InChI=1S/C18H14FNO4/c19-15-8-4-5-13(11-15)9-10-17(22)24-12-16(21)20-18(23)14-6-2-1-3-7-14/h1-11H,12H2,(H,20,21,23)/b10-9+. The van der Waals surface area contributed by atoms with Crippen LogP contribution in [-0.2, 0) is 14.3 Å². The third-order valence-electron chi connectivity index (χ3n) is 2.89. The Morgan fingerprint density at radius 3 is 2.50 bits per heavy atom. The quantitative estimate of drug-likeness (QED) is 0.676. The van der Waals surface area contributed by atoms with Gasteiger partial charge in [-0.25, -0.2) is 9.18 Å². The number of carbonyl (C=O) groups excluding carboxylic acids is 3. The highest BCUT2D eigenvalue weighted by Crippen LogP contribution is 2.05. The Bertz CT molecular complexity index is 772. The van der Waals surface area contributed by atoms with Gasteiger partial charge >= 0.3 is 5.97 Å². The number of hydrogen-bond donors (Lipinski definition) is 1. The van der Waals surface area contributed by atoms with Crippen LogP contribution in [0.3, 0.4) is 0 Å². The number of ether oxygens (including phenoxy) is 1. The monoisotopic (exact) mass is 327 g/mol. The maximum absolute atomic E-state index is 13.0. The van der Waals surface area contributed by atoms with E-state index in [1.165, 1.54) is 24.3 Å². The summed E-state index contributed by atoms with van der Waals surface area (Å²) in [6.45, 7) is -0.592. The molecule has 0 radical (unpaired) electrons. The first-order valence-corrected chi connectivity index (χ1v) is 7.04. The first kappa shape index (κ1) is 17.1. The van der Waals surface area contributed by atoms with Crippen molar-refractivity contribution in [1.82, 2.24) is 5.32 Å². The molecule has 0 unspecified atom stereocenters. The molecule has 0 spiro atoms. The number of esters is 1. The lowest BCUT2D eigenvalue weighted by atomic mass is 10.2. The average Bonchev–Trinajstić information content (AvgIpc) is 2.59. The first-order chi connectivity index (χ1) is 11.5. The Labute approximate surface area is 137 Å². The number of amides is 2. The number of imide groups is 1. The van der Waals surface area contributed by atoms with Crippen LogP contribution in [-0.4, -0.2) is 24.4 Å². The van der Waals surface area contributed by atoms with Crippen LogP contribution in [0, 0.1) is 5.82 Å². The van der Waals surface area contributed by atoms with Gasteiger partial charge in [-0.05, 0) is 35.9 Å². The lowest BCUT2D eigenvalue weighted by Crippen LogP contribution is -2.33. The first-order valence-electron chi connectivity index (χ1n) is 7.04. The zero-order valence-electron chi connectivity index (χ0n) is 12.6. The molecule has 0 saturated carbocycles. The minimum Gasteiger partial charge on any atom is -0.452 e. The Kier molecular flexibility index (Phi) is 5.96. The molecule has 0 aliphatic rings. The second-order valence-electron chi connectivity index (χ2n) is 4.74. The fourth-order valence-corrected chi connectivity index (χ4v) is 1.78. The minimum absolute atomic E-state index is 0.322. The van der Waals surface area contributed by atoms with Crippen molar-refractivity contribution in [2.75, 3.05) is 6.61 Å². The molecule has 6 heteroatoms. The second kappa shape index (κ2) is 8.38. The molecule has 1 N–H and O–H groups in total. The van der Waals surface area contributed by atoms with Gasteiger partial charge in [-0.3, -0.25) is 14.9 Å². The van der Waals surface area contributed by atoms with Gasteiger partial charge in [0.25, 0.3) is 11.8 Å². The van der Waals surface area contributed by atoms with Crippen molar-refractivity contribution < 1.29 is 23.5 Å². The molecule has 0 aliphatic heterocycles. The molecule has 0 saturated heterocycles. The number of hydrogen-bond acceptors (Lipinski definition) is 4. The van der Waals surface area contributed by atoms with E-state index >= 15 is 0 Å². The largest absolute Gasteiger partial charge is 0.452 e. The van der Waals surface area contributed by atoms with Crippen molar-refractivity contribution in [1.29, 1.82) is 0 Å². The second-order valence-corrected chi connectivity index (χ2v) is 4.74. The smallest absolute Gasteiger partial charge is 0.331 e. The third kappa shape index (κ3) is 5.49. The summed E-state index contributed by atoms with van der Waals surface area (Å²) in [4.78, 5) is 34.8. The van der Waals surface area contributed by atoms with Crippen LogP contribution in [0.5, 0.6) is 0 Å². The maximum Gasteiger partial charge on any atom is 0.331 e. The molecule has 0 heterocycles. The number of carbonyl (C=O) groups is 3. The molecular weight excluding hydrogens is 313 g/mol. The molecule has 2 amide bonds. The summed E-state index contributed by atoms with van der Waals surface area (Å²) in [6.07, 6.45) is 2.43. The molecular formula is C18H14FNO4. The molecule has 2 aromatic rings. The van der Waals surface area contributed by atoms with Crippen molar-refractivity contribution in [2.45, 2.75) is 0 Å². The molecule has 2 aromatic carbocycles. The molecule has 0 aliphatic carbocycles. The Morgan fingerprint density at radius 2 is 1.79 bits per heavy atom. The zero-order chi connectivity index (χ0) is 17.4. The van der Waals surface area contributed by atoms with Gasteiger partial charge in [-0.15, -0.1) is 0 Å². The van der Waals surface area contributed by atoms with E-state index in [-0.39, 0.29) is 0 Å². The van der Waals surface area contributed by atoms with Crippen molar-refractivity contribution in [2.24, 2.45) is 0 Å². The lowest BCUT2D eigenvalue weighted by Gasteiger charge is -2.04. The molecule has 24 heavy (non-hydrogen) atoms. The van der Waals surface area contributed by atoms with Gasteiger partial charge in [-0.2, -0.15) is 0 Å². The maximum atomic E-state index is 13.0. The van der Waals surface area contributed by atoms with Crippen molar-refractivity contribution in [3.05, 3.63) is 77.6 Å². The van der Waals surface area contributed by atoms with Crippen molar-refractivity contribution >= 4 is 23.9 Å². The summed E-state index contributed by atoms with van der Waals surface area (Å²) >= 11 is 0. The summed E-state index contributed by atoms with van der Waals surface area (Å²) in [5.74, 6) is -2.52. The number of rotatable bonds is 5. The highest BCUT2D eigenvalue weighted by molar-refractivity contribution is 6.05. The van der Waals surface area contributed by atoms with Gasteiger partial charge in [0.05, 0.1) is 0 Å². The fourth-order valence-electron chi connectivity index (χ4n) is 1.78. The number of nitrogens with one attached hydrogen (secondary N) is 1. The lowest BCUT2D eigenvalue weighted by molar-refractivity contribution is -0.143. The van der Waals surface area contributed by atoms with Gasteiger partial charge in [0, 0.05) is 11.6 Å². The van der Waals surface area contributed by atoms with Crippen LogP contribution in [0.1, 0.15) is 15.9 Å². The molecule has 0 atom stereocenters. The van der Waals surface area contributed by atoms with Crippen LogP contribution in [0.15, 0.2) is 60.7 Å². The Balaban J connectivity index is 1.79. The number of halogens is 1. The topological polar surface area (TPSA) is 72.5 Å². The minimum atomic E-state index is -0.776. The van der Waals surface area contributed by atoms with Gasteiger partial charge in [0.1, 0.15) is 5.82 Å². The van der Waals surface area contributed by atoms with Crippen molar-refractivity contribution in [3.8, 4) is 0 Å². The van der Waals surface area contributed by atoms with E-state index in [0.717, 1.165) is 6.08 Å². The van der Waals surface area contributed by atoms with Gasteiger partial charge < -0.3 is 4.74 Å². The molecule has 2 rings (SSSR count). The van der Waals surface area contributed by atoms with E-state index in [4.69, 9.17) is 4.74 Å². The highest BCUT2D eigenvalue weighted by atomic mass is 19.1. The average molecular weight is 327 g/mol. The molecule has 122 valence electrons. The summed E-state index contributed by atoms with van der Waals surface area (Å²) < 4.78 is 17.7. The molecule has 0 fully saturated rings. The molecule has 0 bridgehead atoms. The fraction of sp³-hybridized carbons (Fsp3) is 0.0556. The summed E-state index contributed by atoms with van der Waals surface area (Å²) in [6, 6.07) is 13.8. The van der Waals surface area contributed by atoms with Crippen molar-refractivity contribution in [3.63, 3.8) is 0 Å². The van der Waals surface area contributed by atoms with Crippen LogP contribution in [0.2, 0.25) is 0 Å². The van der Waals surface area contributed by atoms with E-state index in [1.54, 1.807) is 36.4 Å². The van der Waals surface area contributed by atoms with E-state index in [1.807, 2.05) is 0 Å². The summed E-state index contributed by atoms with van der Waals surface area (Å²) in [7, 11) is 0. The summed E-state index contributed by atoms with van der Waals surface area (Å²) in [5.41, 5.74) is 0.804. The number of benzene rings is 2. The van der Waals surface area contributed by atoms with E-state index in [2.05, 4.69) is 5.32 Å². The Hall–Kier alpha value is -3.28. The van der Waals surface area contributed by atoms with Gasteiger partial charge in [-0.1, -0.05) is 30.3 Å². The Morgan fingerprint density at radius 1 is 1.04 bits per heavy atom. The zero-order valence-corrected chi connectivity index (χ0v) is 12.6. The van der Waals surface area contributed by atoms with Crippen LogP contribution in [0.4, 0.5) is 4.39 Å². The normalized spacial score (nSPS) is 10.4. The van der Waals surface area contributed by atoms with Crippen LogP contribution in [0.25, 0.3) is 6.08 Å². The predicted molar refractivity (Wildman–Crippen MR) is 85.3 cm³/mol. The third-order valence-corrected chi connectivity index (χ3v) is 2.89. The van der Waals surface area contributed by atoms with Crippen LogP contribution < -0.4 is 5.32 Å². The van der Waals surface area contributed by atoms with E-state index in [9.17, 15) is 18.8 Å². The van der Waals surface area contributed by atoms with E-state index < -0.39 is 30.2 Å². The predicted octanol–water partition coefficient (Wildman–Crippen LogP) is 2.34. The SMILES string of the molecule is O=C(COC(=O)/C=C/c1cccc(F)c1)NC(=O)c1ccccc1. The van der Waals surface area contributed by atoms with E-state index in [0.29, 0.717) is 11.1 Å². The molecule has 5 nitrogen and oxygen atoms in total. The van der Waals surface area contributed by atoms with Gasteiger partial charge in [0.15, 0.2) is 6.61 Å². The highest BCUT2D eigenvalue weighted by Gasteiger charge is 2.11. The van der Waals surface area contributed by atoms with Gasteiger partial charge in [0.2, 0.25) is 0 Å².